The Balaban J connectivity index is 2.62. The smallest absolute Gasteiger partial charge is 0.387 e. The molecule has 0 bridgehead atoms. The van der Waals surface area contributed by atoms with Gasteiger partial charge in [-0.2, -0.15) is 8.78 Å². The first-order valence-corrected chi connectivity index (χ1v) is 5.56. The Labute approximate surface area is 104 Å². The Morgan fingerprint density at radius 1 is 1.50 bits per heavy atom. The molecule has 4 nitrogen and oxygen atoms in total. The number of nitrogens with one attached hydrogen (secondary N) is 1. The molecule has 0 fully saturated rings. The monoisotopic (exact) mass is 258 g/mol. The van der Waals surface area contributed by atoms with Crippen molar-refractivity contribution in [3.63, 3.8) is 0 Å². The predicted octanol–water partition coefficient (Wildman–Crippen LogP) is 1.61. The Kier molecular flexibility index (Phi) is 5.51. The van der Waals surface area contributed by atoms with Crippen molar-refractivity contribution in [2.75, 3.05) is 13.1 Å². The normalized spacial score (nSPS) is 12.3. The summed E-state index contributed by atoms with van der Waals surface area (Å²) in [5, 5.41) is 2.67. The molecule has 1 rings (SSSR count). The number of hydrogen-bond donors (Lipinski definition) is 2. The second kappa shape index (κ2) is 6.90. The van der Waals surface area contributed by atoms with Crippen molar-refractivity contribution in [3.8, 4) is 5.75 Å². The van der Waals surface area contributed by atoms with Gasteiger partial charge in [-0.1, -0.05) is 13.0 Å². The van der Waals surface area contributed by atoms with Crippen LogP contribution in [0.2, 0.25) is 0 Å². The lowest BCUT2D eigenvalue weighted by atomic mass is 10.1. The van der Waals surface area contributed by atoms with Crippen molar-refractivity contribution in [2.45, 2.75) is 13.5 Å². The van der Waals surface area contributed by atoms with Gasteiger partial charge in [-0.15, -0.1) is 0 Å². The van der Waals surface area contributed by atoms with Crippen LogP contribution in [-0.4, -0.2) is 25.6 Å². The van der Waals surface area contributed by atoms with Gasteiger partial charge in [0.1, 0.15) is 5.75 Å². The fourth-order valence-corrected chi connectivity index (χ4v) is 1.27. The summed E-state index contributed by atoms with van der Waals surface area (Å²) < 4.78 is 28.3. The fraction of sp³-hybridized carbons (Fsp3) is 0.417. The number of amides is 1. The first kappa shape index (κ1) is 14.4. The van der Waals surface area contributed by atoms with E-state index >= 15 is 0 Å². The summed E-state index contributed by atoms with van der Waals surface area (Å²) in [4.78, 5) is 11.7. The molecule has 0 radical (unpaired) electrons. The summed E-state index contributed by atoms with van der Waals surface area (Å²) in [6, 6.07) is 5.65. The molecule has 0 aliphatic heterocycles. The molecule has 0 aromatic heterocycles. The third-order valence-corrected chi connectivity index (χ3v) is 2.33. The summed E-state index contributed by atoms with van der Waals surface area (Å²) in [6.07, 6.45) is 0. The largest absolute Gasteiger partial charge is 0.435 e. The summed E-state index contributed by atoms with van der Waals surface area (Å²) in [6.45, 7) is -0.0960. The molecule has 0 saturated heterocycles. The van der Waals surface area contributed by atoms with Crippen molar-refractivity contribution in [2.24, 2.45) is 11.7 Å². The maximum atomic E-state index is 12.0. The van der Waals surface area contributed by atoms with E-state index in [9.17, 15) is 13.6 Å². The van der Waals surface area contributed by atoms with Crippen LogP contribution in [-0.2, 0) is 0 Å². The van der Waals surface area contributed by atoms with E-state index in [4.69, 9.17) is 5.73 Å². The van der Waals surface area contributed by atoms with Gasteiger partial charge in [-0.3, -0.25) is 4.79 Å². The molecule has 1 aromatic rings. The molecule has 6 heteroatoms. The number of alkyl halides is 2. The van der Waals surface area contributed by atoms with Crippen LogP contribution in [0.15, 0.2) is 24.3 Å². The second-order valence-corrected chi connectivity index (χ2v) is 3.96. The Hall–Kier alpha value is -1.69. The van der Waals surface area contributed by atoms with Crippen molar-refractivity contribution in [3.05, 3.63) is 29.8 Å². The van der Waals surface area contributed by atoms with Gasteiger partial charge in [0.2, 0.25) is 0 Å². The van der Waals surface area contributed by atoms with Gasteiger partial charge < -0.3 is 15.8 Å². The van der Waals surface area contributed by atoms with Crippen LogP contribution < -0.4 is 15.8 Å². The number of carbonyl (C=O) groups is 1. The lowest BCUT2D eigenvalue weighted by Gasteiger charge is -2.11. The highest BCUT2D eigenvalue weighted by molar-refractivity contribution is 5.94. The molecule has 1 unspecified atom stereocenters. The molecule has 0 spiro atoms. The van der Waals surface area contributed by atoms with Crippen molar-refractivity contribution >= 4 is 5.91 Å². The minimum atomic E-state index is -2.90. The number of rotatable bonds is 6. The quantitative estimate of drug-likeness (QED) is 0.814. The first-order chi connectivity index (χ1) is 8.52. The van der Waals surface area contributed by atoms with Crippen LogP contribution >= 0.6 is 0 Å². The van der Waals surface area contributed by atoms with Crippen molar-refractivity contribution in [1.29, 1.82) is 0 Å². The zero-order chi connectivity index (χ0) is 13.5. The Morgan fingerprint density at radius 3 is 2.83 bits per heavy atom. The predicted molar refractivity (Wildman–Crippen MR) is 63.6 cm³/mol. The summed E-state index contributed by atoms with van der Waals surface area (Å²) >= 11 is 0. The van der Waals surface area contributed by atoms with Gasteiger partial charge in [0.15, 0.2) is 0 Å². The van der Waals surface area contributed by atoms with Crippen molar-refractivity contribution in [1.82, 2.24) is 5.32 Å². The SMILES string of the molecule is CC(CN)CNC(=O)c1cccc(OC(F)F)c1. The molecule has 100 valence electrons. The molecule has 0 aliphatic rings. The number of carbonyl (C=O) groups excluding carboxylic acids is 1. The molecular formula is C12H16F2N2O2. The van der Waals surface area contributed by atoms with Crippen LogP contribution in [0.5, 0.6) is 5.75 Å². The maximum absolute atomic E-state index is 12.0. The molecular weight excluding hydrogens is 242 g/mol. The van der Waals surface area contributed by atoms with E-state index < -0.39 is 6.61 Å². The number of nitrogens with two attached hydrogens (primary N) is 1. The van der Waals surface area contributed by atoms with Crippen LogP contribution in [0.4, 0.5) is 8.78 Å². The zero-order valence-corrected chi connectivity index (χ0v) is 10.0. The van der Waals surface area contributed by atoms with E-state index in [1.165, 1.54) is 24.3 Å². The van der Waals surface area contributed by atoms with Gasteiger partial charge in [0.25, 0.3) is 5.91 Å². The lowest BCUT2D eigenvalue weighted by molar-refractivity contribution is -0.0498. The zero-order valence-electron chi connectivity index (χ0n) is 10.0. The van der Waals surface area contributed by atoms with Crippen LogP contribution in [0.1, 0.15) is 17.3 Å². The van der Waals surface area contributed by atoms with Crippen LogP contribution in [0, 0.1) is 5.92 Å². The topological polar surface area (TPSA) is 64.3 Å². The maximum Gasteiger partial charge on any atom is 0.387 e. The van der Waals surface area contributed by atoms with Crippen LogP contribution in [0.25, 0.3) is 0 Å². The van der Waals surface area contributed by atoms with E-state index in [-0.39, 0.29) is 23.1 Å². The number of benzene rings is 1. The average Bonchev–Trinajstić information content (AvgIpc) is 2.35. The van der Waals surface area contributed by atoms with Crippen molar-refractivity contribution < 1.29 is 18.3 Å². The lowest BCUT2D eigenvalue weighted by Crippen LogP contribution is -2.31. The van der Waals surface area contributed by atoms with E-state index in [0.717, 1.165) is 0 Å². The number of ether oxygens (including phenoxy) is 1. The molecule has 1 amide bonds. The third-order valence-electron chi connectivity index (χ3n) is 2.33. The van der Waals surface area contributed by atoms with E-state index in [1.54, 1.807) is 0 Å². The third kappa shape index (κ3) is 4.67. The Morgan fingerprint density at radius 2 is 2.22 bits per heavy atom. The van der Waals surface area contributed by atoms with Gasteiger partial charge in [0, 0.05) is 12.1 Å². The van der Waals surface area contributed by atoms with Crippen LogP contribution in [0.3, 0.4) is 0 Å². The summed E-state index contributed by atoms with van der Waals surface area (Å²) in [7, 11) is 0. The fourth-order valence-electron chi connectivity index (χ4n) is 1.27. The van der Waals surface area contributed by atoms with Gasteiger partial charge in [-0.05, 0) is 30.7 Å². The summed E-state index contributed by atoms with van der Waals surface area (Å²) in [5.74, 6) is -0.214. The van der Waals surface area contributed by atoms with Gasteiger partial charge in [0.05, 0.1) is 0 Å². The number of halogens is 2. The Bertz CT molecular complexity index is 399. The molecule has 3 N–H and O–H groups in total. The van der Waals surface area contributed by atoms with Gasteiger partial charge in [-0.25, -0.2) is 0 Å². The molecule has 0 saturated carbocycles. The molecule has 0 heterocycles. The molecule has 1 aromatic carbocycles. The van der Waals surface area contributed by atoms with E-state index in [2.05, 4.69) is 10.1 Å². The first-order valence-electron chi connectivity index (χ1n) is 5.56. The average molecular weight is 258 g/mol. The second-order valence-electron chi connectivity index (χ2n) is 3.96. The highest BCUT2D eigenvalue weighted by atomic mass is 19.3. The standard InChI is InChI=1S/C12H16F2N2O2/c1-8(6-15)7-16-11(17)9-3-2-4-10(5-9)18-12(13)14/h2-5,8,12H,6-7,15H2,1H3,(H,16,17). The minimum absolute atomic E-state index is 0.0375. The number of hydrogen-bond acceptors (Lipinski definition) is 3. The molecule has 0 aliphatic carbocycles. The highest BCUT2D eigenvalue weighted by Gasteiger charge is 2.10. The van der Waals surface area contributed by atoms with E-state index in [0.29, 0.717) is 13.1 Å². The minimum Gasteiger partial charge on any atom is -0.435 e. The highest BCUT2D eigenvalue weighted by Crippen LogP contribution is 2.15. The summed E-state index contributed by atoms with van der Waals surface area (Å²) in [5.41, 5.74) is 5.70. The van der Waals surface area contributed by atoms with E-state index in [1.807, 2.05) is 6.92 Å². The molecule has 18 heavy (non-hydrogen) atoms. The molecule has 1 atom stereocenters. The van der Waals surface area contributed by atoms with Gasteiger partial charge >= 0.3 is 6.61 Å².